The molecular formula is C42H30O2. The molecule has 0 fully saturated rings. The van der Waals surface area contributed by atoms with Crippen LogP contribution >= 0.6 is 0 Å². The third-order valence-corrected chi connectivity index (χ3v) is 8.11. The summed E-state index contributed by atoms with van der Waals surface area (Å²) in [6.45, 7) is 0. The molecule has 0 saturated heterocycles. The quantitative estimate of drug-likeness (QED) is 0.210. The Labute approximate surface area is 257 Å². The number of aromatic hydroxyl groups is 2. The molecule has 7 aromatic rings. The largest absolute Gasteiger partial charge is 0.507 e. The lowest BCUT2D eigenvalue weighted by Gasteiger charge is -2.16. The first-order chi connectivity index (χ1) is 21.7. The summed E-state index contributed by atoms with van der Waals surface area (Å²) in [5.41, 5.74) is 11.2. The van der Waals surface area contributed by atoms with Crippen molar-refractivity contribution in [3.8, 4) is 78.3 Å². The smallest absolute Gasteiger partial charge is 0.131 e. The number of rotatable bonds is 6. The highest BCUT2D eigenvalue weighted by atomic mass is 16.3. The maximum Gasteiger partial charge on any atom is 0.131 e. The van der Waals surface area contributed by atoms with Crippen LogP contribution in [0.25, 0.3) is 66.8 Å². The molecule has 0 aliphatic carbocycles. The Morgan fingerprint density at radius 2 is 0.455 bits per heavy atom. The molecule has 210 valence electrons. The van der Waals surface area contributed by atoms with Gasteiger partial charge in [0.2, 0.25) is 0 Å². The maximum atomic E-state index is 11.4. The SMILES string of the molecule is Oc1c(-c2ccccc2)cc(-c2ccc(-c3cc(-c4ccccc4)c(O)c(-c4ccccc4)c3)cc2)cc1-c1ccccc1. The van der Waals surface area contributed by atoms with Gasteiger partial charge >= 0.3 is 0 Å². The van der Waals surface area contributed by atoms with Gasteiger partial charge in [0.05, 0.1) is 0 Å². The van der Waals surface area contributed by atoms with Crippen molar-refractivity contribution < 1.29 is 10.2 Å². The second kappa shape index (κ2) is 11.8. The van der Waals surface area contributed by atoms with E-state index in [2.05, 4.69) is 48.5 Å². The molecular weight excluding hydrogens is 536 g/mol. The van der Waals surface area contributed by atoms with Gasteiger partial charge in [0.15, 0.2) is 0 Å². The molecule has 0 radical (unpaired) electrons. The van der Waals surface area contributed by atoms with E-state index in [-0.39, 0.29) is 11.5 Å². The van der Waals surface area contributed by atoms with Crippen LogP contribution in [0.4, 0.5) is 0 Å². The lowest BCUT2D eigenvalue weighted by Crippen LogP contribution is -1.89. The van der Waals surface area contributed by atoms with Crippen molar-refractivity contribution in [3.63, 3.8) is 0 Å². The topological polar surface area (TPSA) is 40.5 Å². The second-order valence-corrected chi connectivity index (χ2v) is 10.9. The molecule has 2 N–H and O–H groups in total. The maximum absolute atomic E-state index is 11.4. The fraction of sp³-hybridized carbons (Fsp3) is 0. The summed E-state index contributed by atoms with van der Waals surface area (Å²) in [5, 5.41) is 22.8. The van der Waals surface area contributed by atoms with Crippen LogP contribution in [0.15, 0.2) is 170 Å². The zero-order chi connectivity index (χ0) is 29.9. The van der Waals surface area contributed by atoms with Gasteiger partial charge in [0.1, 0.15) is 11.5 Å². The van der Waals surface area contributed by atoms with Crippen LogP contribution in [-0.2, 0) is 0 Å². The molecule has 0 aliphatic rings. The molecule has 0 saturated carbocycles. The minimum Gasteiger partial charge on any atom is -0.507 e. The second-order valence-electron chi connectivity index (χ2n) is 10.9. The van der Waals surface area contributed by atoms with Crippen LogP contribution in [-0.4, -0.2) is 10.2 Å². The molecule has 0 amide bonds. The number of phenols is 2. The van der Waals surface area contributed by atoms with Gasteiger partial charge in [-0.2, -0.15) is 0 Å². The summed E-state index contributed by atoms with van der Waals surface area (Å²) in [4.78, 5) is 0. The molecule has 7 rings (SSSR count). The van der Waals surface area contributed by atoms with E-state index in [9.17, 15) is 10.2 Å². The first-order valence-corrected chi connectivity index (χ1v) is 14.7. The number of benzene rings is 7. The van der Waals surface area contributed by atoms with Crippen LogP contribution in [0.1, 0.15) is 0 Å². The van der Waals surface area contributed by atoms with Crippen molar-refractivity contribution in [1.82, 2.24) is 0 Å². The average Bonchev–Trinajstić information content (AvgIpc) is 3.10. The van der Waals surface area contributed by atoms with E-state index >= 15 is 0 Å². The summed E-state index contributed by atoms with van der Waals surface area (Å²) >= 11 is 0. The minimum absolute atomic E-state index is 0.272. The predicted molar refractivity (Wildman–Crippen MR) is 182 cm³/mol. The summed E-state index contributed by atoms with van der Waals surface area (Å²) in [6.07, 6.45) is 0. The molecule has 44 heavy (non-hydrogen) atoms. The molecule has 0 aliphatic heterocycles. The Morgan fingerprint density at radius 3 is 0.682 bits per heavy atom. The zero-order valence-corrected chi connectivity index (χ0v) is 24.1. The van der Waals surface area contributed by atoms with Gasteiger partial charge in [0, 0.05) is 22.3 Å². The van der Waals surface area contributed by atoms with E-state index in [1.807, 2.05) is 121 Å². The van der Waals surface area contributed by atoms with Crippen molar-refractivity contribution in [2.24, 2.45) is 0 Å². The van der Waals surface area contributed by atoms with E-state index in [1.54, 1.807) is 0 Å². The molecule has 2 heteroatoms. The Kier molecular flexibility index (Phi) is 7.24. The average molecular weight is 567 g/mol. The number of hydrogen-bond acceptors (Lipinski definition) is 2. The Morgan fingerprint density at radius 1 is 0.227 bits per heavy atom. The van der Waals surface area contributed by atoms with Crippen LogP contribution in [0, 0.1) is 0 Å². The van der Waals surface area contributed by atoms with Crippen molar-refractivity contribution in [3.05, 3.63) is 170 Å². The van der Waals surface area contributed by atoms with E-state index in [0.29, 0.717) is 0 Å². The summed E-state index contributed by atoms with van der Waals surface area (Å²) < 4.78 is 0. The van der Waals surface area contributed by atoms with Gasteiger partial charge in [-0.3, -0.25) is 0 Å². The highest BCUT2D eigenvalue weighted by Gasteiger charge is 2.16. The lowest BCUT2D eigenvalue weighted by molar-refractivity contribution is 0.479. The number of phenolic OH excluding ortho intramolecular Hbond substituents is 2. The van der Waals surface area contributed by atoms with E-state index in [1.165, 1.54) is 0 Å². The van der Waals surface area contributed by atoms with Crippen LogP contribution in [0.5, 0.6) is 11.5 Å². The van der Waals surface area contributed by atoms with Crippen molar-refractivity contribution >= 4 is 0 Å². The van der Waals surface area contributed by atoms with Crippen LogP contribution in [0.3, 0.4) is 0 Å². The van der Waals surface area contributed by atoms with Crippen molar-refractivity contribution in [2.75, 3.05) is 0 Å². The third-order valence-electron chi connectivity index (χ3n) is 8.11. The fourth-order valence-corrected chi connectivity index (χ4v) is 5.81. The van der Waals surface area contributed by atoms with Gasteiger partial charge in [-0.25, -0.2) is 0 Å². The third kappa shape index (κ3) is 5.26. The molecule has 0 unspecified atom stereocenters. The summed E-state index contributed by atoms with van der Waals surface area (Å²) in [5.74, 6) is 0.544. The molecule has 2 nitrogen and oxygen atoms in total. The van der Waals surface area contributed by atoms with Gasteiger partial charge in [-0.15, -0.1) is 0 Å². The van der Waals surface area contributed by atoms with Crippen LogP contribution in [0.2, 0.25) is 0 Å². The monoisotopic (exact) mass is 566 g/mol. The molecule has 0 spiro atoms. The molecule has 0 atom stereocenters. The Hall–Kier alpha value is -5.86. The van der Waals surface area contributed by atoms with Crippen molar-refractivity contribution in [1.29, 1.82) is 0 Å². The van der Waals surface area contributed by atoms with Gasteiger partial charge in [-0.1, -0.05) is 146 Å². The van der Waals surface area contributed by atoms with E-state index < -0.39 is 0 Å². The highest BCUT2D eigenvalue weighted by Crippen LogP contribution is 2.44. The summed E-state index contributed by atoms with van der Waals surface area (Å²) in [7, 11) is 0. The molecule has 7 aromatic carbocycles. The Balaban J connectivity index is 1.34. The normalized spacial score (nSPS) is 10.9. The minimum atomic E-state index is 0.272. The first-order valence-electron chi connectivity index (χ1n) is 14.7. The van der Waals surface area contributed by atoms with Gasteiger partial charge in [-0.05, 0) is 68.8 Å². The predicted octanol–water partition coefficient (Wildman–Crippen LogP) is 11.1. The lowest BCUT2D eigenvalue weighted by atomic mass is 9.90. The van der Waals surface area contributed by atoms with Crippen molar-refractivity contribution in [2.45, 2.75) is 0 Å². The molecule has 0 bridgehead atoms. The van der Waals surface area contributed by atoms with Gasteiger partial charge in [0.25, 0.3) is 0 Å². The summed E-state index contributed by atoms with van der Waals surface area (Å²) in [6, 6.07) is 56.8. The fourth-order valence-electron chi connectivity index (χ4n) is 5.81. The van der Waals surface area contributed by atoms with E-state index in [4.69, 9.17) is 0 Å². The molecule has 0 aromatic heterocycles. The molecule has 0 heterocycles. The zero-order valence-electron chi connectivity index (χ0n) is 24.1. The standard InChI is InChI=1S/C42H30O2/c43-41-37(31-13-5-1-6-14-31)25-35(26-38(41)32-15-7-2-8-16-32)29-21-23-30(24-22-29)36-27-39(33-17-9-3-10-18-33)42(44)40(28-36)34-19-11-4-12-20-34/h1-28,43-44H. The Bertz CT molecular complexity index is 1760. The van der Waals surface area contributed by atoms with Gasteiger partial charge < -0.3 is 10.2 Å². The van der Waals surface area contributed by atoms with Crippen LogP contribution < -0.4 is 0 Å². The highest BCUT2D eigenvalue weighted by molar-refractivity contribution is 5.90. The van der Waals surface area contributed by atoms with E-state index in [0.717, 1.165) is 66.8 Å². The first kappa shape index (κ1) is 27.0. The number of hydrogen-bond donors (Lipinski definition) is 2.